The molecule has 0 aliphatic rings. The van der Waals surface area contributed by atoms with Crippen LogP contribution >= 0.6 is 0 Å². The first-order valence-corrected chi connectivity index (χ1v) is 5.06. The summed E-state index contributed by atoms with van der Waals surface area (Å²) in [6.45, 7) is 0.579. The van der Waals surface area contributed by atoms with Crippen LogP contribution in [0.4, 0.5) is 5.82 Å². The Morgan fingerprint density at radius 3 is 2.82 bits per heavy atom. The van der Waals surface area contributed by atoms with Crippen LogP contribution in [-0.4, -0.2) is 22.3 Å². The van der Waals surface area contributed by atoms with Crippen LogP contribution in [0.1, 0.15) is 5.56 Å². The van der Waals surface area contributed by atoms with Crippen molar-refractivity contribution in [3.63, 3.8) is 0 Å². The SMILES string of the molecule is COc1ccc(CNc2ccc(=O)[nH]n2)cn1. The molecule has 0 fully saturated rings. The van der Waals surface area contributed by atoms with Crippen molar-refractivity contribution in [1.29, 1.82) is 0 Å². The van der Waals surface area contributed by atoms with E-state index in [0.717, 1.165) is 5.56 Å². The third kappa shape index (κ3) is 3.04. The van der Waals surface area contributed by atoms with Crippen molar-refractivity contribution >= 4 is 5.82 Å². The largest absolute Gasteiger partial charge is 0.481 e. The first-order chi connectivity index (χ1) is 8.28. The van der Waals surface area contributed by atoms with Gasteiger partial charge in [0.2, 0.25) is 5.88 Å². The molecular formula is C11H12N4O2. The molecule has 0 saturated carbocycles. The molecule has 0 aliphatic heterocycles. The molecule has 0 bridgehead atoms. The van der Waals surface area contributed by atoms with E-state index in [1.54, 1.807) is 25.4 Å². The minimum atomic E-state index is -0.221. The molecule has 6 heteroatoms. The van der Waals surface area contributed by atoms with Gasteiger partial charge in [0, 0.05) is 24.9 Å². The summed E-state index contributed by atoms with van der Waals surface area (Å²) in [5.74, 6) is 1.19. The highest BCUT2D eigenvalue weighted by molar-refractivity contribution is 5.33. The van der Waals surface area contributed by atoms with Crippen molar-refractivity contribution in [3.05, 3.63) is 46.4 Å². The third-order valence-electron chi connectivity index (χ3n) is 2.16. The van der Waals surface area contributed by atoms with Crippen LogP contribution in [0, 0.1) is 0 Å². The average molecular weight is 232 g/mol. The van der Waals surface area contributed by atoms with Gasteiger partial charge in [0.1, 0.15) is 5.82 Å². The topological polar surface area (TPSA) is 79.9 Å². The van der Waals surface area contributed by atoms with E-state index >= 15 is 0 Å². The molecule has 0 amide bonds. The minimum Gasteiger partial charge on any atom is -0.481 e. The van der Waals surface area contributed by atoms with Crippen molar-refractivity contribution in [1.82, 2.24) is 15.2 Å². The van der Waals surface area contributed by atoms with Crippen LogP contribution in [-0.2, 0) is 6.54 Å². The maximum Gasteiger partial charge on any atom is 0.264 e. The second-order valence-corrected chi connectivity index (χ2v) is 3.37. The van der Waals surface area contributed by atoms with Crippen molar-refractivity contribution in [2.75, 3.05) is 12.4 Å². The number of anilines is 1. The van der Waals surface area contributed by atoms with E-state index < -0.39 is 0 Å². The van der Waals surface area contributed by atoms with Crippen LogP contribution in [0.2, 0.25) is 0 Å². The van der Waals surface area contributed by atoms with Crippen molar-refractivity contribution in [2.24, 2.45) is 0 Å². The number of hydrogen-bond donors (Lipinski definition) is 2. The molecular weight excluding hydrogens is 220 g/mol. The molecule has 6 nitrogen and oxygen atoms in total. The van der Waals surface area contributed by atoms with Crippen molar-refractivity contribution in [2.45, 2.75) is 6.54 Å². The number of rotatable bonds is 4. The van der Waals surface area contributed by atoms with Gasteiger partial charge in [0.05, 0.1) is 7.11 Å². The molecule has 88 valence electrons. The summed E-state index contributed by atoms with van der Waals surface area (Å²) in [5, 5.41) is 9.25. The first-order valence-electron chi connectivity index (χ1n) is 5.06. The van der Waals surface area contributed by atoms with Crippen LogP contribution in [0.3, 0.4) is 0 Å². The zero-order chi connectivity index (χ0) is 12.1. The number of aromatic amines is 1. The number of aromatic nitrogens is 3. The highest BCUT2D eigenvalue weighted by Crippen LogP contribution is 2.08. The predicted molar refractivity (Wildman–Crippen MR) is 63.0 cm³/mol. The van der Waals surface area contributed by atoms with Crippen LogP contribution in [0.15, 0.2) is 35.3 Å². The van der Waals surface area contributed by atoms with Gasteiger partial charge in [-0.1, -0.05) is 6.07 Å². The molecule has 0 atom stereocenters. The Balaban J connectivity index is 1.97. The van der Waals surface area contributed by atoms with Gasteiger partial charge in [-0.05, 0) is 11.6 Å². The van der Waals surface area contributed by atoms with Crippen LogP contribution in [0.5, 0.6) is 5.88 Å². The Morgan fingerprint density at radius 1 is 1.35 bits per heavy atom. The summed E-state index contributed by atoms with van der Waals surface area (Å²) in [6, 6.07) is 6.74. The smallest absolute Gasteiger partial charge is 0.264 e. The molecule has 2 heterocycles. The zero-order valence-electron chi connectivity index (χ0n) is 9.30. The Bertz CT molecular complexity index is 515. The molecule has 0 aromatic carbocycles. The Kier molecular flexibility index (Phi) is 3.34. The lowest BCUT2D eigenvalue weighted by molar-refractivity contribution is 0.397. The molecule has 17 heavy (non-hydrogen) atoms. The molecule has 0 saturated heterocycles. The second kappa shape index (κ2) is 5.11. The summed E-state index contributed by atoms with van der Waals surface area (Å²) in [4.78, 5) is 14.9. The Labute approximate surface area is 97.7 Å². The quantitative estimate of drug-likeness (QED) is 0.814. The molecule has 0 unspecified atom stereocenters. The third-order valence-corrected chi connectivity index (χ3v) is 2.16. The number of H-pyrrole nitrogens is 1. The number of nitrogens with one attached hydrogen (secondary N) is 2. The molecule has 2 N–H and O–H groups in total. The van der Waals surface area contributed by atoms with Crippen LogP contribution in [0.25, 0.3) is 0 Å². The lowest BCUT2D eigenvalue weighted by atomic mass is 10.3. The molecule has 0 spiro atoms. The fourth-order valence-corrected chi connectivity index (χ4v) is 1.27. The van der Waals surface area contributed by atoms with Gasteiger partial charge in [0.25, 0.3) is 5.56 Å². The Hall–Kier alpha value is -2.37. The van der Waals surface area contributed by atoms with Crippen molar-refractivity contribution in [3.8, 4) is 5.88 Å². The van der Waals surface area contributed by atoms with E-state index in [2.05, 4.69) is 20.5 Å². The number of ether oxygens (including phenoxy) is 1. The number of hydrogen-bond acceptors (Lipinski definition) is 5. The van der Waals surface area contributed by atoms with E-state index in [0.29, 0.717) is 18.2 Å². The maximum absolute atomic E-state index is 10.8. The Morgan fingerprint density at radius 2 is 2.24 bits per heavy atom. The summed E-state index contributed by atoms with van der Waals surface area (Å²) < 4.78 is 4.96. The predicted octanol–water partition coefficient (Wildman–Crippen LogP) is 0.786. The monoisotopic (exact) mass is 232 g/mol. The summed E-state index contributed by atoms with van der Waals surface area (Å²) in [6.07, 6.45) is 1.72. The van der Waals surface area contributed by atoms with Gasteiger partial charge in [-0.25, -0.2) is 10.1 Å². The van der Waals surface area contributed by atoms with Gasteiger partial charge in [0.15, 0.2) is 0 Å². The van der Waals surface area contributed by atoms with Gasteiger partial charge < -0.3 is 10.1 Å². The molecule has 2 rings (SSSR count). The summed E-state index contributed by atoms with van der Waals surface area (Å²) in [7, 11) is 1.57. The lowest BCUT2D eigenvalue weighted by Gasteiger charge is -2.05. The standard InChI is InChI=1S/C11H12N4O2/c1-17-11-5-2-8(7-13-11)6-12-9-3-4-10(16)15-14-9/h2-5,7H,6H2,1H3,(H,12,14)(H,15,16). The lowest BCUT2D eigenvalue weighted by Crippen LogP contribution is -2.09. The summed E-state index contributed by atoms with van der Waals surface area (Å²) in [5.41, 5.74) is 0.778. The molecule has 2 aromatic rings. The number of methoxy groups -OCH3 is 1. The normalized spacial score (nSPS) is 9.94. The fraction of sp³-hybridized carbons (Fsp3) is 0.182. The van der Waals surface area contributed by atoms with E-state index in [1.165, 1.54) is 6.07 Å². The highest BCUT2D eigenvalue weighted by Gasteiger charge is 1.97. The van der Waals surface area contributed by atoms with Gasteiger partial charge in [-0.15, -0.1) is 0 Å². The second-order valence-electron chi connectivity index (χ2n) is 3.37. The number of pyridine rings is 1. The fourth-order valence-electron chi connectivity index (χ4n) is 1.27. The molecule has 2 aromatic heterocycles. The maximum atomic E-state index is 10.8. The van der Waals surface area contributed by atoms with E-state index in [1.807, 2.05) is 6.07 Å². The van der Waals surface area contributed by atoms with E-state index in [9.17, 15) is 4.79 Å². The number of nitrogens with zero attached hydrogens (tertiary/aromatic N) is 2. The zero-order valence-corrected chi connectivity index (χ0v) is 9.30. The van der Waals surface area contributed by atoms with Crippen LogP contribution < -0.4 is 15.6 Å². The van der Waals surface area contributed by atoms with Gasteiger partial charge in [-0.3, -0.25) is 4.79 Å². The first kappa shape index (κ1) is 11.1. The van der Waals surface area contributed by atoms with E-state index in [-0.39, 0.29) is 5.56 Å². The van der Waals surface area contributed by atoms with Gasteiger partial charge >= 0.3 is 0 Å². The molecule has 0 radical (unpaired) electrons. The summed E-state index contributed by atoms with van der Waals surface area (Å²) >= 11 is 0. The minimum absolute atomic E-state index is 0.221. The van der Waals surface area contributed by atoms with Gasteiger partial charge in [-0.2, -0.15) is 5.10 Å². The average Bonchev–Trinajstić information content (AvgIpc) is 2.39. The van der Waals surface area contributed by atoms with Crippen molar-refractivity contribution < 1.29 is 4.74 Å². The van der Waals surface area contributed by atoms with E-state index in [4.69, 9.17) is 4.74 Å². The molecule has 0 aliphatic carbocycles. The highest BCUT2D eigenvalue weighted by atomic mass is 16.5.